The van der Waals surface area contributed by atoms with Crippen LogP contribution in [-0.2, 0) is 0 Å². The molecule has 1 fully saturated rings. The summed E-state index contributed by atoms with van der Waals surface area (Å²) < 4.78 is 0. The van der Waals surface area contributed by atoms with E-state index in [1.807, 2.05) is 6.92 Å². The molecule has 0 bridgehead atoms. The molecule has 128 valence electrons. The van der Waals surface area contributed by atoms with Crippen LogP contribution in [0, 0.1) is 12.8 Å². The highest BCUT2D eigenvalue weighted by molar-refractivity contribution is 7.19. The molecular weight excluding hydrogens is 346 g/mol. The lowest BCUT2D eigenvalue weighted by Gasteiger charge is -2.29. The zero-order valence-electron chi connectivity index (χ0n) is 13.7. The van der Waals surface area contributed by atoms with Gasteiger partial charge in [-0.25, -0.2) is 4.79 Å². The van der Waals surface area contributed by atoms with E-state index in [9.17, 15) is 4.79 Å². The van der Waals surface area contributed by atoms with E-state index in [1.165, 1.54) is 17.8 Å². The number of halogens is 1. The van der Waals surface area contributed by atoms with Crippen LogP contribution in [0.5, 0.6) is 0 Å². The summed E-state index contributed by atoms with van der Waals surface area (Å²) in [6, 6.07) is 5.04. The molecule has 1 aromatic heterocycles. The Morgan fingerprint density at radius 2 is 2.21 bits per heavy atom. The number of urea groups is 1. The van der Waals surface area contributed by atoms with Crippen LogP contribution in [0.4, 0.5) is 20.7 Å². The largest absolute Gasteiger partial charge is 0.346 e. The second-order valence-corrected chi connectivity index (χ2v) is 7.44. The average molecular weight is 366 g/mol. The van der Waals surface area contributed by atoms with Crippen molar-refractivity contribution < 1.29 is 4.79 Å². The third-order valence-corrected chi connectivity index (χ3v) is 5.39. The minimum atomic E-state index is -0.352. The molecule has 2 aromatic rings. The minimum Gasteiger partial charge on any atom is -0.346 e. The highest BCUT2D eigenvalue weighted by Crippen LogP contribution is 2.28. The number of hydrogen-bond acceptors (Lipinski definition) is 5. The van der Waals surface area contributed by atoms with Gasteiger partial charge in [-0.05, 0) is 43.4 Å². The van der Waals surface area contributed by atoms with Crippen LogP contribution in [0.15, 0.2) is 18.2 Å². The van der Waals surface area contributed by atoms with Gasteiger partial charge in [0.15, 0.2) is 0 Å². The third kappa shape index (κ3) is 3.96. The van der Waals surface area contributed by atoms with Gasteiger partial charge in [-0.15, -0.1) is 10.2 Å². The lowest BCUT2D eigenvalue weighted by molar-refractivity contribution is 0.262. The maximum Gasteiger partial charge on any atom is 0.325 e. The number of rotatable bonds is 3. The van der Waals surface area contributed by atoms with Crippen molar-refractivity contribution in [3.63, 3.8) is 0 Å². The smallest absolute Gasteiger partial charge is 0.325 e. The quantitative estimate of drug-likeness (QED) is 0.846. The number of carbonyl (C=O) groups is 1. The Labute approximate surface area is 150 Å². The monoisotopic (exact) mass is 365 g/mol. The van der Waals surface area contributed by atoms with E-state index in [1.54, 1.807) is 18.2 Å². The van der Waals surface area contributed by atoms with Gasteiger partial charge >= 0.3 is 6.03 Å². The Bertz CT molecular complexity index is 735. The second kappa shape index (κ2) is 7.36. The number of hydrogen-bond donors (Lipinski definition) is 2. The van der Waals surface area contributed by atoms with E-state index in [-0.39, 0.29) is 6.03 Å². The molecule has 0 radical (unpaired) electrons. The van der Waals surface area contributed by atoms with Crippen LogP contribution in [0.3, 0.4) is 0 Å². The Morgan fingerprint density at radius 3 is 3.00 bits per heavy atom. The van der Waals surface area contributed by atoms with E-state index in [0.717, 1.165) is 30.2 Å². The molecule has 2 heterocycles. The van der Waals surface area contributed by atoms with Gasteiger partial charge in [0.2, 0.25) is 10.3 Å². The first kappa shape index (κ1) is 17.0. The summed E-state index contributed by atoms with van der Waals surface area (Å²) in [5.74, 6) is 0.660. The Balaban J connectivity index is 1.62. The number of carbonyl (C=O) groups excluding carboxylic acids is 1. The molecule has 8 heteroatoms. The second-order valence-electron chi connectivity index (χ2n) is 6.07. The van der Waals surface area contributed by atoms with E-state index in [2.05, 4.69) is 32.7 Å². The van der Waals surface area contributed by atoms with Crippen molar-refractivity contribution in [1.82, 2.24) is 10.2 Å². The van der Waals surface area contributed by atoms with Gasteiger partial charge in [-0.1, -0.05) is 35.9 Å². The predicted molar refractivity (Wildman–Crippen MR) is 99.4 cm³/mol. The Kier molecular flexibility index (Phi) is 5.20. The van der Waals surface area contributed by atoms with E-state index >= 15 is 0 Å². The summed E-state index contributed by atoms with van der Waals surface area (Å²) in [5, 5.41) is 15.7. The number of piperidine rings is 1. The first-order valence-electron chi connectivity index (χ1n) is 7.94. The van der Waals surface area contributed by atoms with Crippen LogP contribution in [0.1, 0.15) is 25.3 Å². The van der Waals surface area contributed by atoms with Crippen molar-refractivity contribution in [2.24, 2.45) is 5.92 Å². The third-order valence-electron chi connectivity index (χ3n) is 4.08. The number of anilines is 3. The average Bonchev–Trinajstić information content (AvgIpc) is 3.00. The molecule has 0 saturated carbocycles. The Morgan fingerprint density at radius 1 is 1.38 bits per heavy atom. The minimum absolute atomic E-state index is 0.352. The van der Waals surface area contributed by atoms with Crippen molar-refractivity contribution in [3.8, 4) is 0 Å². The first-order chi connectivity index (χ1) is 11.5. The SMILES string of the molecule is Cc1c(Cl)cccc1NC(=O)Nc1nnc(N2CCC[C@H](C)C2)s1. The van der Waals surface area contributed by atoms with Crippen molar-refractivity contribution >= 4 is 44.9 Å². The molecule has 1 saturated heterocycles. The van der Waals surface area contributed by atoms with E-state index < -0.39 is 0 Å². The van der Waals surface area contributed by atoms with E-state index in [4.69, 9.17) is 11.6 Å². The molecule has 0 unspecified atom stereocenters. The van der Waals surface area contributed by atoms with Crippen LogP contribution in [0.2, 0.25) is 5.02 Å². The Hall–Kier alpha value is -1.86. The summed E-state index contributed by atoms with van der Waals surface area (Å²) in [5.41, 5.74) is 1.50. The maximum absolute atomic E-state index is 12.1. The summed E-state index contributed by atoms with van der Waals surface area (Å²) >= 11 is 7.45. The molecule has 0 spiro atoms. The molecule has 2 amide bonds. The van der Waals surface area contributed by atoms with Crippen LogP contribution < -0.4 is 15.5 Å². The molecule has 0 aliphatic carbocycles. The fourth-order valence-electron chi connectivity index (χ4n) is 2.75. The summed E-state index contributed by atoms with van der Waals surface area (Å²) in [6.07, 6.45) is 2.42. The number of aromatic nitrogens is 2. The van der Waals surface area contributed by atoms with Crippen molar-refractivity contribution in [2.45, 2.75) is 26.7 Å². The molecule has 1 aromatic carbocycles. The lowest BCUT2D eigenvalue weighted by Crippen LogP contribution is -2.34. The maximum atomic E-state index is 12.1. The first-order valence-corrected chi connectivity index (χ1v) is 9.14. The van der Waals surface area contributed by atoms with Crippen molar-refractivity contribution in [1.29, 1.82) is 0 Å². The molecule has 1 aliphatic heterocycles. The molecule has 1 aliphatic rings. The van der Waals surface area contributed by atoms with E-state index in [0.29, 0.717) is 21.8 Å². The number of amides is 2. The molecule has 1 atom stereocenters. The van der Waals surface area contributed by atoms with Gasteiger partial charge in [-0.2, -0.15) is 0 Å². The van der Waals surface area contributed by atoms with Gasteiger partial charge in [0.25, 0.3) is 0 Å². The van der Waals surface area contributed by atoms with Gasteiger partial charge in [0.05, 0.1) is 0 Å². The predicted octanol–water partition coefficient (Wildman–Crippen LogP) is 4.38. The standard InChI is InChI=1S/C16H20ClN5OS/c1-10-5-4-8-22(9-10)16-21-20-15(24-16)19-14(23)18-13-7-3-6-12(17)11(13)2/h3,6-7,10H,4-5,8-9H2,1-2H3,(H2,18,19,20,23)/t10-/m0/s1. The topological polar surface area (TPSA) is 70.1 Å². The zero-order valence-corrected chi connectivity index (χ0v) is 15.2. The fourth-order valence-corrected chi connectivity index (χ4v) is 3.70. The number of nitrogens with one attached hydrogen (secondary N) is 2. The van der Waals surface area contributed by atoms with Gasteiger partial charge < -0.3 is 10.2 Å². The lowest BCUT2D eigenvalue weighted by atomic mass is 10.0. The summed E-state index contributed by atoms with van der Waals surface area (Å²) in [4.78, 5) is 14.4. The normalized spacial score (nSPS) is 17.6. The summed E-state index contributed by atoms with van der Waals surface area (Å²) in [6.45, 7) is 6.08. The van der Waals surface area contributed by atoms with Crippen molar-refractivity contribution in [2.75, 3.05) is 28.6 Å². The zero-order chi connectivity index (χ0) is 17.1. The van der Waals surface area contributed by atoms with Gasteiger partial charge in [0.1, 0.15) is 0 Å². The van der Waals surface area contributed by atoms with Crippen LogP contribution in [-0.4, -0.2) is 29.3 Å². The molecular formula is C16H20ClN5OS. The molecule has 24 heavy (non-hydrogen) atoms. The molecule has 6 nitrogen and oxygen atoms in total. The van der Waals surface area contributed by atoms with Gasteiger partial charge in [-0.3, -0.25) is 5.32 Å². The number of nitrogens with zero attached hydrogens (tertiary/aromatic N) is 3. The number of benzene rings is 1. The van der Waals surface area contributed by atoms with Crippen LogP contribution >= 0.6 is 22.9 Å². The molecule has 3 rings (SSSR count). The highest BCUT2D eigenvalue weighted by Gasteiger charge is 2.20. The van der Waals surface area contributed by atoms with Gasteiger partial charge in [0, 0.05) is 23.8 Å². The van der Waals surface area contributed by atoms with Crippen LogP contribution in [0.25, 0.3) is 0 Å². The molecule has 2 N–H and O–H groups in total. The fraction of sp³-hybridized carbons (Fsp3) is 0.438. The highest BCUT2D eigenvalue weighted by atomic mass is 35.5. The summed E-state index contributed by atoms with van der Waals surface area (Å²) in [7, 11) is 0. The van der Waals surface area contributed by atoms with Crippen molar-refractivity contribution in [3.05, 3.63) is 28.8 Å².